The highest BCUT2D eigenvalue weighted by Crippen LogP contribution is 2.36. The van der Waals surface area contributed by atoms with Gasteiger partial charge in [-0.15, -0.1) is 0 Å². The number of Topliss-reactive ketones (excluding diaryl/α,β-unsaturated/α-hetero) is 1. The normalized spacial score (nSPS) is 19.4. The molecule has 0 aliphatic heterocycles. The van der Waals surface area contributed by atoms with E-state index in [1.807, 2.05) is 38.1 Å². The van der Waals surface area contributed by atoms with Gasteiger partial charge in [-0.2, -0.15) is 0 Å². The fourth-order valence-corrected chi connectivity index (χ4v) is 4.90. The summed E-state index contributed by atoms with van der Waals surface area (Å²) in [7, 11) is 0. The van der Waals surface area contributed by atoms with Crippen LogP contribution >= 0.6 is 0 Å². The lowest BCUT2D eigenvalue weighted by Gasteiger charge is -2.22. The molecule has 4 rings (SSSR count). The van der Waals surface area contributed by atoms with Crippen molar-refractivity contribution in [1.29, 1.82) is 0 Å². The molecule has 2 aliphatic rings. The van der Waals surface area contributed by atoms with Crippen LogP contribution in [0.5, 0.6) is 5.75 Å². The summed E-state index contributed by atoms with van der Waals surface area (Å²) in [6.07, 6.45) is 7.16. The highest BCUT2D eigenvalue weighted by Gasteiger charge is 2.32. The molecule has 0 spiro atoms. The van der Waals surface area contributed by atoms with Crippen LogP contribution in [0.2, 0.25) is 0 Å². The summed E-state index contributed by atoms with van der Waals surface area (Å²) in [5, 5.41) is 0. The van der Waals surface area contributed by atoms with Gasteiger partial charge in [-0.3, -0.25) is 4.79 Å². The highest BCUT2D eigenvalue weighted by atomic mass is 16.5. The molecule has 1 heterocycles. The summed E-state index contributed by atoms with van der Waals surface area (Å²) in [4.78, 5) is 28.8. The lowest BCUT2D eigenvalue weighted by molar-refractivity contribution is 0.0403. The molecule has 1 atom stereocenters. The van der Waals surface area contributed by atoms with E-state index in [0.29, 0.717) is 43.2 Å². The van der Waals surface area contributed by atoms with Gasteiger partial charge in [0.2, 0.25) is 0 Å². The number of benzene rings is 1. The van der Waals surface area contributed by atoms with Gasteiger partial charge in [0.15, 0.2) is 5.78 Å². The molecule has 0 bridgehead atoms. The lowest BCUT2D eigenvalue weighted by atomic mass is 9.81. The van der Waals surface area contributed by atoms with Crippen LogP contribution in [0.15, 0.2) is 24.3 Å². The first-order valence-electron chi connectivity index (χ1n) is 11.2. The van der Waals surface area contributed by atoms with Gasteiger partial charge in [0.1, 0.15) is 11.4 Å². The van der Waals surface area contributed by atoms with Crippen LogP contribution in [0, 0.1) is 12.8 Å². The number of nitrogens with one attached hydrogen (secondary N) is 1. The molecule has 1 saturated carbocycles. The Hall–Kier alpha value is -2.56. The second-order valence-electron chi connectivity index (χ2n) is 8.61. The minimum Gasteiger partial charge on any atom is -0.494 e. The van der Waals surface area contributed by atoms with Crippen LogP contribution in [0.4, 0.5) is 0 Å². The lowest BCUT2D eigenvalue weighted by Crippen LogP contribution is -2.18. The van der Waals surface area contributed by atoms with Gasteiger partial charge in [0, 0.05) is 17.7 Å². The molecule has 1 fully saturated rings. The zero-order valence-corrected chi connectivity index (χ0v) is 18.0. The predicted octanol–water partition coefficient (Wildman–Crippen LogP) is 5.37. The molecule has 1 aromatic heterocycles. The van der Waals surface area contributed by atoms with E-state index in [0.717, 1.165) is 35.4 Å². The topological polar surface area (TPSA) is 68.4 Å². The SMILES string of the molecule is CCOc1ccc([C@@H]2CC(=O)c3c([nH]c(C(=O)OCC4CCCCC4)c3C)C2)cc1. The summed E-state index contributed by atoms with van der Waals surface area (Å²) < 4.78 is 11.1. The van der Waals surface area contributed by atoms with E-state index in [-0.39, 0.29) is 17.7 Å². The fraction of sp³-hybridized carbons (Fsp3) is 0.520. The van der Waals surface area contributed by atoms with Crippen LogP contribution in [-0.2, 0) is 11.2 Å². The quantitative estimate of drug-likeness (QED) is 0.651. The van der Waals surface area contributed by atoms with Crippen LogP contribution in [0.1, 0.15) is 89.0 Å². The average Bonchev–Trinajstić information content (AvgIpc) is 3.10. The first kappa shape index (κ1) is 20.7. The number of hydrogen-bond donors (Lipinski definition) is 1. The van der Waals surface area contributed by atoms with Crippen LogP contribution in [0.25, 0.3) is 0 Å². The maximum atomic E-state index is 12.9. The zero-order chi connectivity index (χ0) is 21.1. The van der Waals surface area contributed by atoms with Gasteiger partial charge in [-0.1, -0.05) is 31.4 Å². The number of fused-ring (bicyclic) bond motifs is 1. The average molecular weight is 410 g/mol. The summed E-state index contributed by atoms with van der Waals surface area (Å²) >= 11 is 0. The Bertz CT molecular complexity index is 906. The number of carbonyl (C=O) groups excluding carboxylic acids is 2. The monoisotopic (exact) mass is 409 g/mol. The molecule has 30 heavy (non-hydrogen) atoms. The standard InChI is InChI=1S/C25H31NO4/c1-3-29-20-11-9-18(10-12-20)19-13-21-23(22(27)14-19)16(2)24(26-21)25(28)30-15-17-7-5-4-6-8-17/h9-12,17,19,26H,3-8,13-15H2,1-2H3/t19-/m0/s1. The van der Waals surface area contributed by atoms with Crippen molar-refractivity contribution in [2.45, 2.75) is 64.7 Å². The Morgan fingerprint density at radius 3 is 2.53 bits per heavy atom. The third kappa shape index (κ3) is 4.30. The van der Waals surface area contributed by atoms with Crippen molar-refractivity contribution in [2.24, 2.45) is 5.92 Å². The molecule has 5 nitrogen and oxygen atoms in total. The first-order valence-corrected chi connectivity index (χ1v) is 11.2. The van der Waals surface area contributed by atoms with Crippen LogP contribution < -0.4 is 4.74 Å². The number of H-pyrrole nitrogens is 1. The molecule has 2 aromatic rings. The number of rotatable bonds is 6. The van der Waals surface area contributed by atoms with E-state index < -0.39 is 0 Å². The molecule has 1 N–H and O–H groups in total. The fourth-order valence-electron chi connectivity index (χ4n) is 4.90. The first-order chi connectivity index (χ1) is 14.6. The van der Waals surface area contributed by atoms with Gasteiger partial charge in [0.25, 0.3) is 0 Å². The number of hydrogen-bond acceptors (Lipinski definition) is 4. The molecule has 5 heteroatoms. The maximum Gasteiger partial charge on any atom is 0.355 e. The second-order valence-corrected chi connectivity index (χ2v) is 8.61. The Morgan fingerprint density at radius 1 is 1.10 bits per heavy atom. The van der Waals surface area contributed by atoms with Crippen LogP contribution in [-0.4, -0.2) is 30.0 Å². The molecular weight excluding hydrogens is 378 g/mol. The molecular formula is C25H31NO4. The minimum absolute atomic E-state index is 0.0928. The van der Waals surface area contributed by atoms with Gasteiger partial charge in [-0.05, 0) is 68.2 Å². The van der Waals surface area contributed by atoms with Gasteiger partial charge < -0.3 is 14.5 Å². The molecule has 0 unspecified atom stereocenters. The largest absolute Gasteiger partial charge is 0.494 e. The number of aromatic nitrogens is 1. The third-order valence-corrected chi connectivity index (χ3v) is 6.53. The van der Waals surface area contributed by atoms with Crippen molar-refractivity contribution < 1.29 is 19.1 Å². The smallest absolute Gasteiger partial charge is 0.355 e. The van der Waals surface area contributed by atoms with Crippen molar-refractivity contribution >= 4 is 11.8 Å². The molecule has 0 saturated heterocycles. The van der Waals surface area contributed by atoms with E-state index >= 15 is 0 Å². The van der Waals surface area contributed by atoms with Crippen molar-refractivity contribution in [3.63, 3.8) is 0 Å². The number of esters is 1. The van der Waals surface area contributed by atoms with Crippen molar-refractivity contribution in [2.75, 3.05) is 13.2 Å². The third-order valence-electron chi connectivity index (χ3n) is 6.53. The highest BCUT2D eigenvalue weighted by molar-refractivity contribution is 6.03. The predicted molar refractivity (Wildman–Crippen MR) is 115 cm³/mol. The van der Waals surface area contributed by atoms with E-state index in [1.54, 1.807) is 0 Å². The Labute approximate surface area is 178 Å². The molecule has 0 radical (unpaired) electrons. The van der Waals surface area contributed by atoms with Gasteiger partial charge in [0.05, 0.1) is 13.2 Å². The number of ether oxygens (including phenoxy) is 2. The van der Waals surface area contributed by atoms with Crippen LogP contribution in [0.3, 0.4) is 0 Å². The van der Waals surface area contributed by atoms with Crippen molar-refractivity contribution in [3.8, 4) is 5.75 Å². The molecule has 1 aromatic carbocycles. The summed E-state index contributed by atoms with van der Waals surface area (Å²) in [5.74, 6) is 1.17. The molecule has 160 valence electrons. The number of ketones is 1. The minimum atomic E-state index is -0.335. The van der Waals surface area contributed by atoms with E-state index in [4.69, 9.17) is 9.47 Å². The molecule has 2 aliphatic carbocycles. The van der Waals surface area contributed by atoms with Crippen molar-refractivity contribution in [3.05, 3.63) is 52.3 Å². The second kappa shape index (κ2) is 9.07. The van der Waals surface area contributed by atoms with E-state index in [9.17, 15) is 9.59 Å². The maximum absolute atomic E-state index is 12.9. The number of aromatic amines is 1. The van der Waals surface area contributed by atoms with E-state index in [2.05, 4.69) is 4.98 Å². The summed E-state index contributed by atoms with van der Waals surface area (Å²) in [6.45, 7) is 4.92. The Kier molecular flexibility index (Phi) is 6.26. The number of carbonyl (C=O) groups is 2. The Balaban J connectivity index is 1.47. The Morgan fingerprint density at radius 2 is 1.83 bits per heavy atom. The zero-order valence-electron chi connectivity index (χ0n) is 18.0. The van der Waals surface area contributed by atoms with Gasteiger partial charge >= 0.3 is 5.97 Å². The summed E-state index contributed by atoms with van der Waals surface area (Å²) in [6, 6.07) is 7.96. The van der Waals surface area contributed by atoms with E-state index in [1.165, 1.54) is 19.3 Å². The van der Waals surface area contributed by atoms with Gasteiger partial charge in [-0.25, -0.2) is 4.79 Å². The van der Waals surface area contributed by atoms with Crippen molar-refractivity contribution in [1.82, 2.24) is 4.98 Å². The summed E-state index contributed by atoms with van der Waals surface area (Å²) in [5.41, 5.74) is 3.82. The molecule has 0 amide bonds.